The Bertz CT molecular complexity index is 791. The van der Waals surface area contributed by atoms with Gasteiger partial charge in [-0.15, -0.1) is 0 Å². The highest BCUT2D eigenvalue weighted by molar-refractivity contribution is 6.08. The van der Waals surface area contributed by atoms with Crippen molar-refractivity contribution in [2.24, 2.45) is 0 Å². The number of allylic oxidation sites excluding steroid dienone is 1. The SMILES string of the molecule is O=C(C=C(O)c1nc[nH]n1)c1cocc1Cc1ccccn1. The molecular weight excluding hydrogens is 284 g/mol. The molecule has 0 saturated carbocycles. The van der Waals surface area contributed by atoms with Crippen LogP contribution in [0.2, 0.25) is 0 Å². The second-order valence-electron chi connectivity index (χ2n) is 4.53. The molecular formula is C15H12N4O3. The summed E-state index contributed by atoms with van der Waals surface area (Å²) in [6.45, 7) is 0. The van der Waals surface area contributed by atoms with Gasteiger partial charge >= 0.3 is 0 Å². The van der Waals surface area contributed by atoms with Crippen molar-refractivity contribution in [3.63, 3.8) is 0 Å². The van der Waals surface area contributed by atoms with Crippen molar-refractivity contribution in [1.29, 1.82) is 0 Å². The Morgan fingerprint density at radius 3 is 2.95 bits per heavy atom. The largest absolute Gasteiger partial charge is 0.504 e. The lowest BCUT2D eigenvalue weighted by Gasteiger charge is -2.00. The van der Waals surface area contributed by atoms with E-state index in [9.17, 15) is 9.90 Å². The highest BCUT2D eigenvalue weighted by atomic mass is 16.3. The first kappa shape index (κ1) is 13.7. The van der Waals surface area contributed by atoms with Crippen LogP contribution in [0, 0.1) is 0 Å². The molecule has 0 amide bonds. The average molecular weight is 296 g/mol. The molecule has 2 N–H and O–H groups in total. The van der Waals surface area contributed by atoms with E-state index < -0.39 is 0 Å². The van der Waals surface area contributed by atoms with Gasteiger partial charge in [-0.25, -0.2) is 4.98 Å². The van der Waals surface area contributed by atoms with Crippen LogP contribution >= 0.6 is 0 Å². The maximum atomic E-state index is 12.2. The first-order chi connectivity index (χ1) is 10.7. The van der Waals surface area contributed by atoms with E-state index in [4.69, 9.17) is 4.42 Å². The molecule has 3 aromatic heterocycles. The van der Waals surface area contributed by atoms with Crippen LogP contribution < -0.4 is 0 Å². The fourth-order valence-corrected chi connectivity index (χ4v) is 1.97. The summed E-state index contributed by atoms with van der Waals surface area (Å²) >= 11 is 0. The molecule has 3 aromatic rings. The van der Waals surface area contributed by atoms with Gasteiger partial charge in [0.05, 0.1) is 11.8 Å². The molecule has 0 aliphatic heterocycles. The van der Waals surface area contributed by atoms with Gasteiger partial charge < -0.3 is 9.52 Å². The molecule has 0 bridgehead atoms. The predicted octanol–water partition coefficient (Wildman–Crippen LogP) is 2.17. The Morgan fingerprint density at radius 1 is 1.32 bits per heavy atom. The second kappa shape index (κ2) is 6.04. The third-order valence-corrected chi connectivity index (χ3v) is 3.02. The number of aromatic nitrogens is 4. The van der Waals surface area contributed by atoms with Gasteiger partial charge in [-0.05, 0) is 12.1 Å². The molecule has 0 aliphatic rings. The van der Waals surface area contributed by atoms with Crippen LogP contribution in [-0.2, 0) is 6.42 Å². The minimum atomic E-state index is -0.387. The number of hydrogen-bond donors (Lipinski definition) is 2. The zero-order valence-electron chi connectivity index (χ0n) is 11.4. The fourth-order valence-electron chi connectivity index (χ4n) is 1.97. The zero-order valence-corrected chi connectivity index (χ0v) is 11.4. The lowest BCUT2D eigenvalue weighted by molar-refractivity contribution is 0.104. The normalized spacial score (nSPS) is 11.5. The summed E-state index contributed by atoms with van der Waals surface area (Å²) in [5.41, 5.74) is 1.88. The van der Waals surface area contributed by atoms with E-state index in [0.29, 0.717) is 17.5 Å². The number of H-pyrrole nitrogens is 1. The molecule has 0 fully saturated rings. The number of aliphatic hydroxyl groups excluding tert-OH is 1. The quantitative estimate of drug-likeness (QED) is 0.424. The maximum Gasteiger partial charge on any atom is 0.215 e. The van der Waals surface area contributed by atoms with Crippen molar-refractivity contribution in [1.82, 2.24) is 20.2 Å². The molecule has 0 aliphatic carbocycles. The minimum Gasteiger partial charge on any atom is -0.504 e. The van der Waals surface area contributed by atoms with Crippen LogP contribution in [0.3, 0.4) is 0 Å². The average Bonchev–Trinajstić information content (AvgIpc) is 3.19. The van der Waals surface area contributed by atoms with E-state index in [2.05, 4.69) is 20.2 Å². The number of aliphatic hydroxyl groups is 1. The first-order valence-electron chi connectivity index (χ1n) is 6.50. The molecule has 0 unspecified atom stereocenters. The summed E-state index contributed by atoms with van der Waals surface area (Å²) in [7, 11) is 0. The van der Waals surface area contributed by atoms with E-state index in [1.165, 1.54) is 18.9 Å². The van der Waals surface area contributed by atoms with Crippen LogP contribution in [0.25, 0.3) is 5.76 Å². The number of nitrogens with zero attached hydrogens (tertiary/aromatic N) is 3. The zero-order chi connectivity index (χ0) is 15.4. The maximum absolute atomic E-state index is 12.2. The summed E-state index contributed by atoms with van der Waals surface area (Å²) in [5.74, 6) is -0.638. The number of ketones is 1. The second-order valence-corrected chi connectivity index (χ2v) is 4.53. The van der Waals surface area contributed by atoms with Gasteiger partial charge in [-0.1, -0.05) is 6.07 Å². The Kier molecular flexibility index (Phi) is 3.78. The van der Waals surface area contributed by atoms with Crippen molar-refractivity contribution >= 4 is 11.5 Å². The molecule has 0 atom stereocenters. The number of pyridine rings is 1. The number of aromatic amines is 1. The Morgan fingerprint density at radius 2 is 2.23 bits per heavy atom. The highest BCUT2D eigenvalue weighted by Gasteiger charge is 2.15. The summed E-state index contributed by atoms with van der Waals surface area (Å²) in [6.07, 6.45) is 7.38. The van der Waals surface area contributed by atoms with E-state index in [1.54, 1.807) is 6.20 Å². The van der Waals surface area contributed by atoms with Crippen molar-refractivity contribution in [3.8, 4) is 0 Å². The van der Waals surface area contributed by atoms with E-state index in [0.717, 1.165) is 11.8 Å². The lowest BCUT2D eigenvalue weighted by atomic mass is 10.0. The third kappa shape index (κ3) is 2.93. The molecule has 3 heterocycles. The third-order valence-electron chi connectivity index (χ3n) is 3.02. The molecule has 3 rings (SSSR count). The monoisotopic (exact) mass is 296 g/mol. The number of carbonyl (C=O) groups excluding carboxylic acids is 1. The summed E-state index contributed by atoms with van der Waals surface area (Å²) < 4.78 is 5.11. The van der Waals surface area contributed by atoms with Gasteiger partial charge in [0.15, 0.2) is 11.5 Å². The smallest absolute Gasteiger partial charge is 0.215 e. The van der Waals surface area contributed by atoms with Crippen LogP contribution in [0.15, 0.2) is 53.7 Å². The Hall–Kier alpha value is -3.22. The van der Waals surface area contributed by atoms with Crippen LogP contribution in [0.1, 0.15) is 27.4 Å². The molecule has 22 heavy (non-hydrogen) atoms. The van der Waals surface area contributed by atoms with Gasteiger partial charge in [0.1, 0.15) is 12.6 Å². The number of rotatable bonds is 5. The van der Waals surface area contributed by atoms with E-state index in [1.807, 2.05) is 18.2 Å². The van der Waals surface area contributed by atoms with Gasteiger partial charge in [0.2, 0.25) is 5.82 Å². The Labute approximate surface area is 125 Å². The molecule has 0 aromatic carbocycles. The van der Waals surface area contributed by atoms with Gasteiger partial charge in [-0.3, -0.25) is 14.9 Å². The minimum absolute atomic E-state index is 0.0584. The molecule has 110 valence electrons. The van der Waals surface area contributed by atoms with Crippen LogP contribution in [0.4, 0.5) is 0 Å². The topological polar surface area (TPSA) is 105 Å². The number of furan rings is 1. The number of nitrogens with one attached hydrogen (secondary N) is 1. The Balaban J connectivity index is 1.82. The molecule has 0 saturated heterocycles. The van der Waals surface area contributed by atoms with E-state index in [-0.39, 0.29) is 17.4 Å². The van der Waals surface area contributed by atoms with Crippen LogP contribution in [0.5, 0.6) is 0 Å². The van der Waals surface area contributed by atoms with Crippen LogP contribution in [-0.4, -0.2) is 31.1 Å². The molecule has 0 radical (unpaired) electrons. The first-order valence-corrected chi connectivity index (χ1v) is 6.50. The lowest BCUT2D eigenvalue weighted by Crippen LogP contribution is -2.01. The number of hydrogen-bond acceptors (Lipinski definition) is 6. The van der Waals surface area contributed by atoms with Gasteiger partial charge in [0, 0.05) is 30.0 Å². The molecule has 7 heteroatoms. The standard InChI is InChI=1S/C15H12N4O3/c20-13(6-14(21)15-17-9-18-19-15)12-8-22-7-10(12)5-11-3-1-2-4-16-11/h1-4,6-9,21H,5H2,(H,17,18,19). The highest BCUT2D eigenvalue weighted by Crippen LogP contribution is 2.17. The molecule has 0 spiro atoms. The fraction of sp³-hybridized carbons (Fsp3) is 0.0667. The van der Waals surface area contributed by atoms with Gasteiger partial charge in [-0.2, -0.15) is 5.10 Å². The summed E-state index contributed by atoms with van der Waals surface area (Å²) in [5, 5.41) is 16.0. The van der Waals surface area contributed by atoms with Crippen molar-refractivity contribution in [3.05, 3.63) is 72.0 Å². The van der Waals surface area contributed by atoms with Gasteiger partial charge in [0.25, 0.3) is 0 Å². The molecule has 7 nitrogen and oxygen atoms in total. The van der Waals surface area contributed by atoms with Crippen molar-refractivity contribution in [2.75, 3.05) is 0 Å². The number of carbonyl (C=O) groups is 1. The summed E-state index contributed by atoms with van der Waals surface area (Å²) in [6, 6.07) is 5.56. The van der Waals surface area contributed by atoms with Crippen molar-refractivity contribution in [2.45, 2.75) is 6.42 Å². The van der Waals surface area contributed by atoms with E-state index >= 15 is 0 Å². The van der Waals surface area contributed by atoms with Crippen molar-refractivity contribution < 1.29 is 14.3 Å². The predicted molar refractivity (Wildman–Crippen MR) is 77.1 cm³/mol. The summed E-state index contributed by atoms with van der Waals surface area (Å²) in [4.78, 5) is 20.2.